The Morgan fingerprint density at radius 2 is 1.69 bits per heavy atom. The van der Waals surface area contributed by atoms with Crippen LogP contribution in [0.4, 0.5) is 16.2 Å². The fourth-order valence-electron chi connectivity index (χ4n) is 3.49. The average Bonchev–Trinajstić information content (AvgIpc) is 3.20. The van der Waals surface area contributed by atoms with Crippen LogP contribution in [0.5, 0.6) is 0 Å². The highest BCUT2D eigenvalue weighted by atomic mass is 35.5. The molecule has 3 aromatic carbocycles. The van der Waals surface area contributed by atoms with E-state index in [0.29, 0.717) is 27.9 Å². The summed E-state index contributed by atoms with van der Waals surface area (Å²) in [6, 6.07) is 19.1. The number of carboxylic acids is 1. The molecule has 1 aromatic heterocycles. The lowest BCUT2D eigenvalue weighted by Crippen LogP contribution is -2.19. The number of para-hydroxylation sites is 1. The van der Waals surface area contributed by atoms with Gasteiger partial charge in [0.1, 0.15) is 0 Å². The van der Waals surface area contributed by atoms with Gasteiger partial charge in [-0.05, 0) is 67.1 Å². The molecule has 0 radical (unpaired) electrons. The molecule has 0 spiro atoms. The number of hydrogen-bond donors (Lipinski definition) is 3. The molecule has 0 aliphatic heterocycles. The number of aromatic carboxylic acids is 1. The van der Waals surface area contributed by atoms with E-state index in [1.165, 1.54) is 6.07 Å². The number of halogens is 1. The normalized spacial score (nSPS) is 10.9. The van der Waals surface area contributed by atoms with E-state index in [-0.39, 0.29) is 11.6 Å². The summed E-state index contributed by atoms with van der Waals surface area (Å²) in [6.45, 7) is 1.92. The summed E-state index contributed by atoms with van der Waals surface area (Å²) >= 11 is 6.19. The van der Waals surface area contributed by atoms with Crippen LogP contribution in [0.3, 0.4) is 0 Å². The zero-order valence-electron chi connectivity index (χ0n) is 19.0. The molecule has 0 unspecified atom stereocenters. The van der Waals surface area contributed by atoms with Gasteiger partial charge in [0, 0.05) is 34.6 Å². The average molecular weight is 488 g/mol. The monoisotopic (exact) mass is 487 g/mol. The molecule has 4 rings (SSSR count). The topological polar surface area (TPSA) is 109 Å². The van der Waals surface area contributed by atoms with Crippen molar-refractivity contribution >= 4 is 47.1 Å². The minimum Gasteiger partial charge on any atom is -0.478 e. The number of hydrogen-bond acceptors (Lipinski definition) is 4. The molecule has 0 aliphatic rings. The third kappa shape index (κ3) is 5.39. The number of anilines is 2. The number of aryl methyl sites for hydroxylation is 1. The second-order valence-corrected chi connectivity index (χ2v) is 8.16. The Morgan fingerprint density at radius 1 is 0.943 bits per heavy atom. The van der Waals surface area contributed by atoms with Gasteiger partial charge in [0.25, 0.3) is 0 Å². The highest BCUT2D eigenvalue weighted by molar-refractivity contribution is 6.32. The van der Waals surface area contributed by atoms with Crippen molar-refractivity contribution in [2.75, 3.05) is 10.6 Å². The third-order valence-corrected chi connectivity index (χ3v) is 5.71. The SMILES string of the molecule is Cc1ccccc1NC(=O)Nc1ccc(-c2nnc(/C=C/c3c(Cl)cccc3C(=O)O)n2C)cc1. The Morgan fingerprint density at radius 3 is 2.40 bits per heavy atom. The van der Waals surface area contributed by atoms with Gasteiger partial charge in [-0.1, -0.05) is 35.9 Å². The predicted molar refractivity (Wildman–Crippen MR) is 138 cm³/mol. The lowest BCUT2D eigenvalue weighted by Gasteiger charge is -2.10. The molecular weight excluding hydrogens is 466 g/mol. The molecule has 0 saturated heterocycles. The quantitative estimate of drug-likeness (QED) is 0.311. The minimum atomic E-state index is -1.06. The zero-order chi connectivity index (χ0) is 24.9. The van der Waals surface area contributed by atoms with E-state index in [1.54, 1.807) is 41.0 Å². The van der Waals surface area contributed by atoms with Crippen molar-refractivity contribution < 1.29 is 14.7 Å². The van der Waals surface area contributed by atoms with Crippen LogP contribution in [0.25, 0.3) is 23.5 Å². The van der Waals surface area contributed by atoms with Gasteiger partial charge in [-0.25, -0.2) is 9.59 Å². The molecule has 0 atom stereocenters. The second kappa shape index (κ2) is 10.2. The Kier molecular flexibility index (Phi) is 6.93. The summed E-state index contributed by atoms with van der Waals surface area (Å²) < 4.78 is 1.78. The lowest BCUT2D eigenvalue weighted by atomic mass is 10.1. The van der Waals surface area contributed by atoms with Crippen molar-refractivity contribution in [2.24, 2.45) is 7.05 Å². The van der Waals surface area contributed by atoms with E-state index >= 15 is 0 Å². The highest BCUT2D eigenvalue weighted by Gasteiger charge is 2.13. The summed E-state index contributed by atoms with van der Waals surface area (Å²) in [5.74, 6) is 0.0707. The van der Waals surface area contributed by atoms with E-state index in [4.69, 9.17) is 11.6 Å². The molecule has 1 heterocycles. The van der Waals surface area contributed by atoms with E-state index in [2.05, 4.69) is 20.8 Å². The van der Waals surface area contributed by atoms with Gasteiger partial charge in [-0.15, -0.1) is 10.2 Å². The molecular formula is C26H22ClN5O3. The van der Waals surface area contributed by atoms with E-state index in [9.17, 15) is 14.7 Å². The summed E-state index contributed by atoms with van der Waals surface area (Å²) in [6.07, 6.45) is 3.27. The predicted octanol–water partition coefficient (Wildman–Crippen LogP) is 5.96. The van der Waals surface area contributed by atoms with Gasteiger partial charge in [0.2, 0.25) is 0 Å². The Balaban J connectivity index is 1.48. The molecule has 176 valence electrons. The molecule has 2 amide bonds. The van der Waals surface area contributed by atoms with Crippen molar-refractivity contribution in [2.45, 2.75) is 6.92 Å². The molecule has 0 bridgehead atoms. The van der Waals surface area contributed by atoms with Crippen LogP contribution in [-0.2, 0) is 7.05 Å². The molecule has 0 fully saturated rings. The van der Waals surface area contributed by atoms with Gasteiger partial charge in [-0.3, -0.25) is 0 Å². The molecule has 4 aromatic rings. The first-order valence-corrected chi connectivity index (χ1v) is 11.0. The van der Waals surface area contributed by atoms with Crippen molar-refractivity contribution in [1.82, 2.24) is 14.8 Å². The largest absolute Gasteiger partial charge is 0.478 e. The number of rotatable bonds is 6. The van der Waals surface area contributed by atoms with Gasteiger partial charge < -0.3 is 20.3 Å². The Hall–Kier alpha value is -4.43. The van der Waals surface area contributed by atoms with Gasteiger partial charge in [-0.2, -0.15) is 0 Å². The van der Waals surface area contributed by atoms with E-state index < -0.39 is 5.97 Å². The van der Waals surface area contributed by atoms with E-state index in [1.807, 2.05) is 50.4 Å². The van der Waals surface area contributed by atoms with Crippen molar-refractivity contribution in [3.05, 3.63) is 94.3 Å². The maximum absolute atomic E-state index is 12.3. The summed E-state index contributed by atoms with van der Waals surface area (Å²) in [5, 5.41) is 23.8. The van der Waals surface area contributed by atoms with Crippen molar-refractivity contribution in [3.8, 4) is 11.4 Å². The van der Waals surface area contributed by atoms with Gasteiger partial charge >= 0.3 is 12.0 Å². The summed E-state index contributed by atoms with van der Waals surface area (Å²) in [7, 11) is 1.81. The lowest BCUT2D eigenvalue weighted by molar-refractivity contribution is 0.0696. The Labute approximate surface area is 206 Å². The molecule has 35 heavy (non-hydrogen) atoms. The smallest absolute Gasteiger partial charge is 0.336 e. The van der Waals surface area contributed by atoms with Gasteiger partial charge in [0.15, 0.2) is 11.6 Å². The first-order chi connectivity index (χ1) is 16.8. The number of nitrogens with one attached hydrogen (secondary N) is 2. The van der Waals surface area contributed by atoms with Crippen LogP contribution < -0.4 is 10.6 Å². The first kappa shape index (κ1) is 23.7. The second-order valence-electron chi connectivity index (χ2n) is 7.75. The number of nitrogens with zero attached hydrogens (tertiary/aromatic N) is 3. The number of urea groups is 1. The first-order valence-electron chi connectivity index (χ1n) is 10.7. The maximum atomic E-state index is 12.3. The van der Waals surface area contributed by atoms with E-state index in [0.717, 1.165) is 16.8 Å². The van der Waals surface area contributed by atoms with Crippen LogP contribution in [0.15, 0.2) is 66.7 Å². The Bertz CT molecular complexity index is 1430. The molecule has 0 saturated carbocycles. The van der Waals surface area contributed by atoms with Crippen LogP contribution in [-0.4, -0.2) is 31.9 Å². The minimum absolute atomic E-state index is 0.102. The number of benzene rings is 3. The van der Waals surface area contributed by atoms with Crippen molar-refractivity contribution in [1.29, 1.82) is 0 Å². The van der Waals surface area contributed by atoms with Gasteiger partial charge in [0.05, 0.1) is 5.56 Å². The van der Waals surface area contributed by atoms with Crippen LogP contribution in [0, 0.1) is 6.92 Å². The number of carbonyl (C=O) groups excluding carboxylic acids is 1. The maximum Gasteiger partial charge on any atom is 0.336 e. The fraction of sp³-hybridized carbons (Fsp3) is 0.0769. The summed E-state index contributed by atoms with van der Waals surface area (Å²) in [5.41, 5.74) is 3.64. The third-order valence-electron chi connectivity index (χ3n) is 5.39. The molecule has 0 aliphatic carbocycles. The zero-order valence-corrected chi connectivity index (χ0v) is 19.7. The highest BCUT2D eigenvalue weighted by Crippen LogP contribution is 2.24. The fourth-order valence-corrected chi connectivity index (χ4v) is 3.73. The van der Waals surface area contributed by atoms with Crippen LogP contribution >= 0.6 is 11.6 Å². The number of carboxylic acid groups (broad SMARTS) is 1. The molecule has 3 N–H and O–H groups in total. The number of amides is 2. The van der Waals surface area contributed by atoms with Crippen LogP contribution in [0.1, 0.15) is 27.3 Å². The number of carbonyl (C=O) groups is 2. The standard InChI is InChI=1S/C26H22ClN5O3/c1-16-6-3-4-9-22(16)29-26(35)28-18-12-10-17(11-13-18)24-31-30-23(32(24)2)15-14-19-20(25(33)34)7-5-8-21(19)27/h3-15H,1-2H3,(H,33,34)(H2,28,29,35)/b15-14+. The summed E-state index contributed by atoms with van der Waals surface area (Å²) in [4.78, 5) is 23.8. The van der Waals surface area contributed by atoms with Crippen molar-refractivity contribution in [3.63, 3.8) is 0 Å². The molecule has 8 nitrogen and oxygen atoms in total. The van der Waals surface area contributed by atoms with Crippen LogP contribution in [0.2, 0.25) is 5.02 Å². The number of aromatic nitrogens is 3. The molecule has 9 heteroatoms.